The van der Waals surface area contributed by atoms with Crippen molar-refractivity contribution in [2.24, 2.45) is 5.41 Å². The highest BCUT2D eigenvalue weighted by molar-refractivity contribution is 7.92. The topological polar surface area (TPSA) is 92.7 Å². The van der Waals surface area contributed by atoms with Crippen molar-refractivity contribution in [1.82, 2.24) is 4.72 Å². The zero-order chi connectivity index (χ0) is 25.0. The molecule has 0 saturated carbocycles. The van der Waals surface area contributed by atoms with E-state index in [1.807, 2.05) is 45.9 Å². The number of sulfonamides is 1. The molecule has 2 rings (SSSR count). The van der Waals surface area contributed by atoms with Crippen LogP contribution in [-0.2, 0) is 21.2 Å². The highest BCUT2D eigenvalue weighted by Gasteiger charge is 2.24. The first-order valence-corrected chi connectivity index (χ1v) is 13.6. The zero-order valence-corrected chi connectivity index (χ0v) is 22.3. The summed E-state index contributed by atoms with van der Waals surface area (Å²) in [7, 11) is -3.82. The summed E-state index contributed by atoms with van der Waals surface area (Å²) in [6.07, 6.45) is 2.09. The maximum Gasteiger partial charge on any atom is 0.273 e. The molecule has 1 amide bonds. The van der Waals surface area contributed by atoms with Crippen molar-refractivity contribution < 1.29 is 23.1 Å². The average molecular weight is 496 g/mol. The Morgan fingerprint density at radius 2 is 1.85 bits per heavy atom. The van der Waals surface area contributed by atoms with Gasteiger partial charge in [-0.25, -0.2) is 13.1 Å². The van der Waals surface area contributed by atoms with E-state index in [0.717, 1.165) is 35.5 Å². The molecule has 2 N–H and O–H groups in total. The maximum absolute atomic E-state index is 12.4. The van der Waals surface area contributed by atoms with Gasteiger partial charge in [0, 0.05) is 11.8 Å². The molecule has 0 aliphatic heterocycles. The number of ether oxygens (including phenoxy) is 1. The van der Waals surface area contributed by atoms with Crippen LogP contribution in [0.15, 0.2) is 28.5 Å². The third-order valence-electron chi connectivity index (χ3n) is 5.73. The standard InChI is InChI=1S/C25H37NO5S2/c1-8-20(22-14-17(3)24(32-22)33(29,30)26-18(4)27)11-9-19-10-12-21(16(2)13-19)31-15-23(28)25(5,6)7/h10,12-14,20,23,28H,8-9,11,15H2,1-7H3,(H,26,27). The Kier molecular flexibility index (Phi) is 9.13. The molecular formula is C25H37NO5S2. The van der Waals surface area contributed by atoms with Gasteiger partial charge in [-0.15, -0.1) is 11.3 Å². The van der Waals surface area contributed by atoms with Crippen LogP contribution in [0.1, 0.15) is 74.9 Å². The third-order valence-corrected chi connectivity index (χ3v) is 9.19. The minimum absolute atomic E-state index is 0.209. The summed E-state index contributed by atoms with van der Waals surface area (Å²) >= 11 is 1.25. The van der Waals surface area contributed by atoms with Crippen molar-refractivity contribution in [3.8, 4) is 5.75 Å². The highest BCUT2D eigenvalue weighted by Crippen LogP contribution is 2.36. The molecule has 2 aromatic rings. The Morgan fingerprint density at radius 1 is 1.18 bits per heavy atom. The highest BCUT2D eigenvalue weighted by atomic mass is 32.2. The van der Waals surface area contributed by atoms with Crippen LogP contribution >= 0.6 is 11.3 Å². The molecule has 8 heteroatoms. The molecular weight excluding hydrogens is 458 g/mol. The van der Waals surface area contributed by atoms with Crippen LogP contribution in [0.3, 0.4) is 0 Å². The molecule has 1 aromatic heterocycles. The van der Waals surface area contributed by atoms with Gasteiger partial charge in [0.15, 0.2) is 0 Å². The lowest BCUT2D eigenvalue weighted by Crippen LogP contribution is -2.32. The molecule has 0 bridgehead atoms. The molecule has 33 heavy (non-hydrogen) atoms. The second-order valence-corrected chi connectivity index (χ2v) is 12.7. The quantitative estimate of drug-likeness (QED) is 0.478. The van der Waals surface area contributed by atoms with Gasteiger partial charge in [-0.1, -0.05) is 39.8 Å². The smallest absolute Gasteiger partial charge is 0.273 e. The molecule has 1 aromatic carbocycles. The summed E-state index contributed by atoms with van der Waals surface area (Å²) in [6, 6.07) is 8.04. The van der Waals surface area contributed by atoms with E-state index < -0.39 is 22.0 Å². The molecule has 2 atom stereocenters. The molecule has 0 radical (unpaired) electrons. The molecule has 184 valence electrons. The zero-order valence-electron chi connectivity index (χ0n) is 20.7. The van der Waals surface area contributed by atoms with E-state index in [1.165, 1.54) is 23.8 Å². The predicted molar refractivity (Wildman–Crippen MR) is 134 cm³/mol. The summed E-state index contributed by atoms with van der Waals surface area (Å²) in [5.41, 5.74) is 2.65. The minimum Gasteiger partial charge on any atom is -0.491 e. The Morgan fingerprint density at radius 3 is 2.39 bits per heavy atom. The Bertz CT molecular complexity index is 1070. The van der Waals surface area contributed by atoms with Crippen LogP contribution in [0.5, 0.6) is 5.75 Å². The number of aryl methyl sites for hydroxylation is 3. The number of hydrogen-bond acceptors (Lipinski definition) is 6. The second-order valence-electron chi connectivity index (χ2n) is 9.72. The Balaban J connectivity index is 2.07. The number of hydrogen-bond donors (Lipinski definition) is 2. The van der Waals surface area contributed by atoms with Crippen molar-refractivity contribution in [3.05, 3.63) is 45.8 Å². The molecule has 0 aliphatic carbocycles. The van der Waals surface area contributed by atoms with Gasteiger partial charge < -0.3 is 9.84 Å². The van der Waals surface area contributed by atoms with Gasteiger partial charge in [0.1, 0.15) is 16.6 Å². The normalized spacial score (nSPS) is 14.1. The molecule has 1 heterocycles. The summed E-state index contributed by atoms with van der Waals surface area (Å²) < 4.78 is 33.0. The molecule has 0 fully saturated rings. The lowest BCUT2D eigenvalue weighted by Gasteiger charge is -2.26. The van der Waals surface area contributed by atoms with Crippen LogP contribution in [0, 0.1) is 19.3 Å². The number of rotatable bonds is 10. The Hall–Kier alpha value is -1.90. The van der Waals surface area contributed by atoms with Crippen molar-refractivity contribution in [1.29, 1.82) is 0 Å². The lowest BCUT2D eigenvalue weighted by atomic mass is 9.90. The van der Waals surface area contributed by atoms with Crippen molar-refractivity contribution in [3.63, 3.8) is 0 Å². The summed E-state index contributed by atoms with van der Waals surface area (Å²) in [4.78, 5) is 12.3. The number of thiophene rings is 1. The van der Waals surface area contributed by atoms with E-state index in [-0.39, 0.29) is 22.1 Å². The monoisotopic (exact) mass is 495 g/mol. The molecule has 6 nitrogen and oxygen atoms in total. The number of carbonyl (C=O) groups excluding carboxylic acids is 1. The number of aliphatic hydroxyl groups excluding tert-OH is 1. The van der Waals surface area contributed by atoms with Gasteiger partial charge in [0.25, 0.3) is 10.0 Å². The van der Waals surface area contributed by atoms with E-state index >= 15 is 0 Å². The molecule has 0 aliphatic rings. The van der Waals surface area contributed by atoms with Crippen LogP contribution in [0.25, 0.3) is 0 Å². The van der Waals surface area contributed by atoms with Gasteiger partial charge in [-0.3, -0.25) is 4.79 Å². The summed E-state index contributed by atoms with van der Waals surface area (Å²) in [5.74, 6) is 0.413. The van der Waals surface area contributed by atoms with Gasteiger partial charge >= 0.3 is 0 Å². The lowest BCUT2D eigenvalue weighted by molar-refractivity contribution is -0.117. The maximum atomic E-state index is 12.4. The van der Waals surface area contributed by atoms with E-state index in [2.05, 4.69) is 17.7 Å². The fourth-order valence-corrected chi connectivity index (χ4v) is 6.46. The third kappa shape index (κ3) is 7.55. The van der Waals surface area contributed by atoms with Crippen molar-refractivity contribution in [2.75, 3.05) is 6.61 Å². The summed E-state index contributed by atoms with van der Waals surface area (Å²) in [6.45, 7) is 13.3. The van der Waals surface area contributed by atoms with E-state index in [0.29, 0.717) is 5.56 Å². The van der Waals surface area contributed by atoms with Crippen LogP contribution < -0.4 is 9.46 Å². The van der Waals surface area contributed by atoms with Gasteiger partial charge in [-0.2, -0.15) is 0 Å². The van der Waals surface area contributed by atoms with E-state index in [9.17, 15) is 18.3 Å². The van der Waals surface area contributed by atoms with Crippen molar-refractivity contribution in [2.45, 2.75) is 84.0 Å². The second kappa shape index (κ2) is 11.0. The predicted octanol–water partition coefficient (Wildman–Crippen LogP) is 5.10. The van der Waals surface area contributed by atoms with Gasteiger partial charge in [0.05, 0.1) is 6.10 Å². The SMILES string of the molecule is CCC(CCc1ccc(OCC(O)C(C)(C)C)c(C)c1)c1cc(C)c(S(=O)(=O)NC(C)=O)s1. The van der Waals surface area contributed by atoms with Gasteiger partial charge in [-0.05, 0) is 73.3 Å². The number of carbonyl (C=O) groups is 1. The Labute approximate surface area is 202 Å². The number of nitrogens with one attached hydrogen (secondary N) is 1. The molecule has 0 saturated heterocycles. The first-order valence-electron chi connectivity index (χ1n) is 11.3. The molecule has 0 spiro atoms. The number of amides is 1. The first-order chi connectivity index (χ1) is 15.2. The minimum atomic E-state index is -3.82. The molecule has 2 unspecified atom stereocenters. The van der Waals surface area contributed by atoms with Crippen molar-refractivity contribution >= 4 is 27.3 Å². The first kappa shape index (κ1) is 27.3. The summed E-state index contributed by atoms with van der Waals surface area (Å²) in [5, 5.41) is 10.2. The van der Waals surface area contributed by atoms with Crippen LogP contribution in [0.2, 0.25) is 0 Å². The fraction of sp³-hybridized carbons (Fsp3) is 0.560. The van der Waals surface area contributed by atoms with Gasteiger partial charge in [0.2, 0.25) is 5.91 Å². The van der Waals surface area contributed by atoms with Crippen LogP contribution in [-0.4, -0.2) is 32.1 Å². The number of benzene rings is 1. The fourth-order valence-electron chi connectivity index (χ4n) is 3.53. The van der Waals surface area contributed by atoms with E-state index in [1.54, 1.807) is 6.92 Å². The largest absolute Gasteiger partial charge is 0.491 e. The van der Waals surface area contributed by atoms with Crippen LogP contribution in [0.4, 0.5) is 0 Å². The van der Waals surface area contributed by atoms with E-state index in [4.69, 9.17) is 4.74 Å². The number of aliphatic hydroxyl groups is 1. The average Bonchev–Trinajstić information content (AvgIpc) is 3.08.